The van der Waals surface area contributed by atoms with Crippen molar-refractivity contribution < 1.29 is 13.9 Å². The molecule has 3 aromatic rings. The van der Waals surface area contributed by atoms with Gasteiger partial charge >= 0.3 is 0 Å². The van der Waals surface area contributed by atoms with Crippen molar-refractivity contribution in [2.45, 2.75) is 13.0 Å². The Kier molecular flexibility index (Phi) is 5.23. The monoisotopic (exact) mass is 373 g/mol. The number of nitrogens with zero attached hydrogens (tertiary/aromatic N) is 2. The van der Waals surface area contributed by atoms with Crippen LogP contribution in [0.15, 0.2) is 48.7 Å². The highest BCUT2D eigenvalue weighted by Crippen LogP contribution is 2.22. The molecule has 0 fully saturated rings. The molecule has 0 bridgehead atoms. The lowest BCUT2D eigenvalue weighted by atomic mass is 10.1. The third-order valence-corrected chi connectivity index (χ3v) is 4.23. The van der Waals surface area contributed by atoms with Crippen LogP contribution in [-0.2, 0) is 4.79 Å². The largest absolute Gasteiger partial charge is 0.494 e. The quantitative estimate of drug-likeness (QED) is 0.687. The van der Waals surface area contributed by atoms with Crippen LogP contribution >= 0.6 is 11.6 Å². The Morgan fingerprint density at radius 2 is 2.19 bits per heavy atom. The summed E-state index contributed by atoms with van der Waals surface area (Å²) in [5.41, 5.74) is 1.94. The first kappa shape index (κ1) is 17.9. The molecule has 2 heterocycles. The summed E-state index contributed by atoms with van der Waals surface area (Å²) in [6, 6.07) is 9.74. The van der Waals surface area contributed by atoms with Gasteiger partial charge in [0.25, 0.3) is 0 Å². The van der Waals surface area contributed by atoms with E-state index in [1.54, 1.807) is 23.5 Å². The Morgan fingerprint density at radius 3 is 2.92 bits per heavy atom. The van der Waals surface area contributed by atoms with E-state index in [1.165, 1.54) is 25.3 Å². The summed E-state index contributed by atoms with van der Waals surface area (Å²) >= 11 is 6.13. The number of halogens is 2. The van der Waals surface area contributed by atoms with Crippen LogP contribution in [0.1, 0.15) is 24.2 Å². The highest BCUT2D eigenvalue weighted by atomic mass is 35.5. The molecule has 0 aliphatic rings. The lowest BCUT2D eigenvalue weighted by molar-refractivity contribution is -0.117. The molecule has 1 atom stereocenters. The maximum Gasteiger partial charge on any atom is 0.244 e. The highest BCUT2D eigenvalue weighted by molar-refractivity contribution is 6.31. The zero-order valence-electron chi connectivity index (χ0n) is 14.2. The Labute approximate surface area is 155 Å². The molecular formula is C19H17ClFN3O2. The predicted octanol–water partition coefficient (Wildman–Crippen LogP) is 4.03. The molecule has 7 heteroatoms. The SMILES string of the molecule is COc1ccc([C@H](C)NC(=O)/C=C/c2c(Cl)nc3ccccn23)cc1F. The fourth-order valence-corrected chi connectivity index (χ4v) is 2.83. The number of imidazole rings is 1. The molecule has 0 aliphatic carbocycles. The van der Waals surface area contributed by atoms with Crippen LogP contribution in [0.5, 0.6) is 5.75 Å². The number of hydrogen-bond donors (Lipinski definition) is 1. The van der Waals surface area contributed by atoms with Crippen molar-refractivity contribution in [3.63, 3.8) is 0 Å². The zero-order valence-corrected chi connectivity index (χ0v) is 15.0. The van der Waals surface area contributed by atoms with E-state index in [-0.39, 0.29) is 17.7 Å². The van der Waals surface area contributed by atoms with Crippen LogP contribution in [0.2, 0.25) is 5.15 Å². The molecule has 134 valence electrons. The summed E-state index contributed by atoms with van der Waals surface area (Å²) in [4.78, 5) is 16.4. The number of fused-ring (bicyclic) bond motifs is 1. The summed E-state index contributed by atoms with van der Waals surface area (Å²) < 4.78 is 20.5. The molecule has 0 unspecified atom stereocenters. The molecule has 3 rings (SSSR count). The Balaban J connectivity index is 1.72. The number of rotatable bonds is 5. The average molecular weight is 374 g/mol. The van der Waals surface area contributed by atoms with Crippen molar-refractivity contribution in [3.05, 3.63) is 70.9 Å². The van der Waals surface area contributed by atoms with E-state index < -0.39 is 5.82 Å². The van der Waals surface area contributed by atoms with Crippen LogP contribution in [-0.4, -0.2) is 22.4 Å². The molecule has 0 saturated carbocycles. The predicted molar refractivity (Wildman–Crippen MR) is 98.7 cm³/mol. The number of carbonyl (C=O) groups excluding carboxylic acids is 1. The number of amides is 1. The molecule has 0 aliphatic heterocycles. The van der Waals surface area contributed by atoms with E-state index in [1.807, 2.05) is 24.4 Å². The van der Waals surface area contributed by atoms with Gasteiger partial charge in [-0.1, -0.05) is 23.7 Å². The number of methoxy groups -OCH3 is 1. The molecule has 1 N–H and O–H groups in total. The van der Waals surface area contributed by atoms with Gasteiger partial charge in [-0.25, -0.2) is 9.37 Å². The molecule has 0 saturated heterocycles. The maximum absolute atomic E-state index is 13.8. The Bertz CT molecular complexity index is 984. The number of hydrogen-bond acceptors (Lipinski definition) is 3. The van der Waals surface area contributed by atoms with Gasteiger partial charge in [-0.15, -0.1) is 0 Å². The number of benzene rings is 1. The molecule has 1 amide bonds. The van der Waals surface area contributed by atoms with Crippen molar-refractivity contribution in [2.24, 2.45) is 0 Å². The summed E-state index contributed by atoms with van der Waals surface area (Å²) in [7, 11) is 1.40. The van der Waals surface area contributed by atoms with Crippen LogP contribution in [0.4, 0.5) is 4.39 Å². The number of carbonyl (C=O) groups is 1. The minimum absolute atomic E-state index is 0.162. The van der Waals surface area contributed by atoms with E-state index in [0.717, 1.165) is 0 Å². The van der Waals surface area contributed by atoms with Crippen molar-refractivity contribution in [3.8, 4) is 5.75 Å². The first-order valence-electron chi connectivity index (χ1n) is 7.94. The maximum atomic E-state index is 13.8. The van der Waals surface area contributed by atoms with Crippen LogP contribution in [0.25, 0.3) is 11.7 Å². The summed E-state index contributed by atoms with van der Waals surface area (Å²) in [5, 5.41) is 3.10. The molecule has 2 aromatic heterocycles. The van der Waals surface area contributed by atoms with Crippen LogP contribution < -0.4 is 10.1 Å². The van der Waals surface area contributed by atoms with Gasteiger partial charge < -0.3 is 10.1 Å². The number of nitrogens with one attached hydrogen (secondary N) is 1. The summed E-state index contributed by atoms with van der Waals surface area (Å²) in [6.45, 7) is 1.77. The van der Waals surface area contributed by atoms with Gasteiger partial charge in [-0.05, 0) is 42.8 Å². The standard InChI is InChI=1S/C19H17ClFN3O2/c1-12(13-6-8-16(26-2)14(21)11-13)22-18(25)9-7-15-19(20)23-17-5-3-4-10-24(15)17/h3-12H,1-2H3,(H,22,25)/b9-7+/t12-/m0/s1. The van der Waals surface area contributed by atoms with E-state index in [2.05, 4.69) is 10.3 Å². The fourth-order valence-electron chi connectivity index (χ4n) is 2.59. The molecule has 26 heavy (non-hydrogen) atoms. The highest BCUT2D eigenvalue weighted by Gasteiger charge is 2.12. The Morgan fingerprint density at radius 1 is 1.38 bits per heavy atom. The minimum atomic E-state index is -0.473. The smallest absolute Gasteiger partial charge is 0.244 e. The van der Waals surface area contributed by atoms with Crippen molar-refractivity contribution in [1.82, 2.24) is 14.7 Å². The summed E-state index contributed by atoms with van der Waals surface area (Å²) in [6.07, 6.45) is 4.78. The van der Waals surface area contributed by atoms with Gasteiger partial charge in [0.1, 0.15) is 5.65 Å². The number of aromatic nitrogens is 2. The van der Waals surface area contributed by atoms with E-state index in [0.29, 0.717) is 22.1 Å². The second kappa shape index (κ2) is 7.58. The van der Waals surface area contributed by atoms with Gasteiger partial charge in [-0.3, -0.25) is 9.20 Å². The molecular weight excluding hydrogens is 357 g/mol. The van der Waals surface area contributed by atoms with Crippen molar-refractivity contribution >= 4 is 29.2 Å². The average Bonchev–Trinajstić information content (AvgIpc) is 2.95. The first-order chi connectivity index (χ1) is 12.5. The first-order valence-corrected chi connectivity index (χ1v) is 8.32. The normalized spacial score (nSPS) is 12.5. The van der Waals surface area contributed by atoms with Gasteiger partial charge in [0.2, 0.25) is 5.91 Å². The minimum Gasteiger partial charge on any atom is -0.494 e. The molecule has 1 aromatic carbocycles. The van der Waals surface area contributed by atoms with Crippen LogP contribution in [0, 0.1) is 5.82 Å². The van der Waals surface area contributed by atoms with Crippen LogP contribution in [0.3, 0.4) is 0 Å². The van der Waals surface area contributed by atoms with E-state index in [4.69, 9.17) is 16.3 Å². The molecule has 5 nitrogen and oxygen atoms in total. The van der Waals surface area contributed by atoms with E-state index in [9.17, 15) is 9.18 Å². The van der Waals surface area contributed by atoms with Gasteiger partial charge in [0.05, 0.1) is 18.8 Å². The second-order valence-electron chi connectivity index (χ2n) is 5.67. The zero-order chi connectivity index (χ0) is 18.7. The van der Waals surface area contributed by atoms with Gasteiger partial charge in [0, 0.05) is 12.3 Å². The fraction of sp³-hybridized carbons (Fsp3) is 0.158. The number of pyridine rings is 1. The summed E-state index contributed by atoms with van der Waals surface area (Å²) in [5.74, 6) is -0.635. The van der Waals surface area contributed by atoms with E-state index >= 15 is 0 Å². The van der Waals surface area contributed by atoms with Crippen molar-refractivity contribution in [1.29, 1.82) is 0 Å². The lowest BCUT2D eigenvalue weighted by Crippen LogP contribution is -2.24. The van der Waals surface area contributed by atoms with Gasteiger partial charge in [0.15, 0.2) is 16.7 Å². The topological polar surface area (TPSA) is 55.6 Å². The lowest BCUT2D eigenvalue weighted by Gasteiger charge is -2.14. The molecule has 0 radical (unpaired) electrons. The second-order valence-corrected chi connectivity index (χ2v) is 6.03. The Hall–Kier alpha value is -2.86. The third-order valence-electron chi connectivity index (χ3n) is 3.95. The van der Waals surface area contributed by atoms with Gasteiger partial charge in [-0.2, -0.15) is 0 Å². The third kappa shape index (κ3) is 3.70. The molecule has 0 spiro atoms. The number of ether oxygens (including phenoxy) is 1. The van der Waals surface area contributed by atoms with Crippen molar-refractivity contribution in [2.75, 3.05) is 7.11 Å².